The van der Waals surface area contributed by atoms with Crippen LogP contribution in [0.3, 0.4) is 0 Å². The third-order valence-corrected chi connectivity index (χ3v) is 4.05. The Balaban J connectivity index is 1.94. The molecule has 5 nitrogen and oxygen atoms in total. The number of halogens is 1. The van der Waals surface area contributed by atoms with E-state index in [2.05, 4.69) is 38.3 Å². The van der Waals surface area contributed by atoms with E-state index in [0.29, 0.717) is 6.04 Å². The summed E-state index contributed by atoms with van der Waals surface area (Å²) >= 11 is 3.36. The van der Waals surface area contributed by atoms with Gasteiger partial charge in [0.1, 0.15) is 6.04 Å². The topological polar surface area (TPSA) is 50.2 Å². The molecule has 0 spiro atoms. The van der Waals surface area contributed by atoms with E-state index in [9.17, 15) is 4.79 Å². The largest absolute Gasteiger partial charge is 0.351 e. The number of carbonyl (C=O) groups excluding carboxylic acids is 1. The van der Waals surface area contributed by atoms with E-state index in [0.717, 1.165) is 36.8 Å². The molecule has 1 N–H and O–H groups in total. The second-order valence-electron chi connectivity index (χ2n) is 5.15. The van der Waals surface area contributed by atoms with Crippen molar-refractivity contribution >= 4 is 21.8 Å². The van der Waals surface area contributed by atoms with Gasteiger partial charge >= 0.3 is 0 Å². The van der Waals surface area contributed by atoms with E-state index < -0.39 is 0 Å². The number of rotatable bonds is 4. The SMILES string of the molecule is CCC(C(=O)NC1CCN(C)CC1)n1cc(Br)cn1. The summed E-state index contributed by atoms with van der Waals surface area (Å²) in [6.45, 7) is 4.11. The van der Waals surface area contributed by atoms with E-state index in [1.807, 2.05) is 13.1 Å². The third kappa shape index (κ3) is 3.79. The first-order chi connectivity index (χ1) is 9.10. The second kappa shape index (κ2) is 6.52. The molecule has 1 fully saturated rings. The fourth-order valence-corrected chi connectivity index (χ4v) is 2.73. The standard InChI is InChI=1S/C13H21BrN4O/c1-3-12(18-9-10(14)8-15-18)13(19)16-11-4-6-17(2)7-5-11/h8-9,11-12H,3-7H2,1-2H3,(H,16,19). The van der Waals surface area contributed by atoms with Crippen molar-refractivity contribution in [2.45, 2.75) is 38.3 Å². The number of hydrogen-bond donors (Lipinski definition) is 1. The highest BCUT2D eigenvalue weighted by Gasteiger charge is 2.24. The molecule has 1 amide bonds. The van der Waals surface area contributed by atoms with Crippen molar-refractivity contribution < 1.29 is 4.79 Å². The highest BCUT2D eigenvalue weighted by Crippen LogP contribution is 2.16. The molecular formula is C13H21BrN4O. The molecule has 0 bridgehead atoms. The first-order valence-electron chi connectivity index (χ1n) is 6.78. The minimum Gasteiger partial charge on any atom is -0.351 e. The van der Waals surface area contributed by atoms with Crippen LogP contribution in [-0.2, 0) is 4.79 Å². The van der Waals surface area contributed by atoms with Gasteiger partial charge in [-0.05, 0) is 55.3 Å². The lowest BCUT2D eigenvalue weighted by atomic mass is 10.0. The molecular weight excluding hydrogens is 308 g/mol. The smallest absolute Gasteiger partial charge is 0.245 e. The van der Waals surface area contributed by atoms with E-state index in [1.165, 1.54) is 0 Å². The maximum Gasteiger partial charge on any atom is 0.245 e. The molecule has 2 rings (SSSR count). The number of piperidine rings is 1. The zero-order valence-electron chi connectivity index (χ0n) is 11.5. The average molecular weight is 329 g/mol. The van der Waals surface area contributed by atoms with Gasteiger partial charge in [0, 0.05) is 12.2 Å². The maximum atomic E-state index is 12.3. The van der Waals surface area contributed by atoms with Gasteiger partial charge in [0.25, 0.3) is 0 Å². The normalized spacial score (nSPS) is 19.3. The molecule has 0 aliphatic carbocycles. The van der Waals surface area contributed by atoms with E-state index >= 15 is 0 Å². The Kier molecular flexibility index (Phi) is 4.99. The van der Waals surface area contributed by atoms with Gasteiger partial charge in [0.2, 0.25) is 5.91 Å². The predicted octanol–water partition coefficient (Wildman–Crippen LogP) is 1.81. The van der Waals surface area contributed by atoms with Crippen LogP contribution in [0.5, 0.6) is 0 Å². The van der Waals surface area contributed by atoms with Crippen LogP contribution < -0.4 is 5.32 Å². The maximum absolute atomic E-state index is 12.3. The van der Waals surface area contributed by atoms with Crippen LogP contribution in [0.4, 0.5) is 0 Å². The Morgan fingerprint density at radius 2 is 2.26 bits per heavy atom. The predicted molar refractivity (Wildman–Crippen MR) is 77.9 cm³/mol. The number of nitrogens with zero attached hydrogens (tertiary/aromatic N) is 3. The van der Waals surface area contributed by atoms with Gasteiger partial charge in [0.05, 0.1) is 10.7 Å². The molecule has 1 aliphatic rings. The first kappa shape index (κ1) is 14.5. The minimum atomic E-state index is -0.217. The summed E-state index contributed by atoms with van der Waals surface area (Å²) in [6.07, 6.45) is 6.36. The Bertz CT molecular complexity index is 426. The van der Waals surface area contributed by atoms with Crippen molar-refractivity contribution in [2.75, 3.05) is 20.1 Å². The van der Waals surface area contributed by atoms with Gasteiger partial charge in [-0.25, -0.2) is 0 Å². The molecule has 0 saturated carbocycles. The lowest BCUT2D eigenvalue weighted by molar-refractivity contribution is -0.125. The van der Waals surface area contributed by atoms with Crippen LogP contribution in [0, 0.1) is 0 Å². The summed E-state index contributed by atoms with van der Waals surface area (Å²) < 4.78 is 2.63. The zero-order chi connectivity index (χ0) is 13.8. The number of hydrogen-bond acceptors (Lipinski definition) is 3. The number of nitrogens with one attached hydrogen (secondary N) is 1. The first-order valence-corrected chi connectivity index (χ1v) is 7.58. The molecule has 106 valence electrons. The molecule has 1 unspecified atom stereocenters. The van der Waals surface area contributed by atoms with Crippen molar-refractivity contribution in [1.29, 1.82) is 0 Å². The second-order valence-corrected chi connectivity index (χ2v) is 6.06. The lowest BCUT2D eigenvalue weighted by Crippen LogP contribution is -2.45. The Hall–Kier alpha value is -0.880. The van der Waals surface area contributed by atoms with Crippen molar-refractivity contribution in [3.63, 3.8) is 0 Å². The molecule has 6 heteroatoms. The molecule has 0 aromatic carbocycles. The van der Waals surface area contributed by atoms with E-state index in [4.69, 9.17) is 0 Å². The summed E-state index contributed by atoms with van der Waals surface area (Å²) in [5.41, 5.74) is 0. The van der Waals surface area contributed by atoms with Crippen molar-refractivity contribution in [1.82, 2.24) is 20.0 Å². The highest BCUT2D eigenvalue weighted by molar-refractivity contribution is 9.10. The van der Waals surface area contributed by atoms with E-state index in [-0.39, 0.29) is 11.9 Å². The van der Waals surface area contributed by atoms with Gasteiger partial charge in [-0.15, -0.1) is 0 Å². The molecule has 1 saturated heterocycles. The fourth-order valence-electron chi connectivity index (χ4n) is 2.43. The van der Waals surface area contributed by atoms with Crippen LogP contribution in [0.25, 0.3) is 0 Å². The number of likely N-dealkylation sites (tertiary alicyclic amines) is 1. The van der Waals surface area contributed by atoms with Crippen LogP contribution >= 0.6 is 15.9 Å². The Morgan fingerprint density at radius 1 is 1.58 bits per heavy atom. The summed E-state index contributed by atoms with van der Waals surface area (Å²) in [7, 11) is 2.12. The Morgan fingerprint density at radius 3 is 2.79 bits per heavy atom. The zero-order valence-corrected chi connectivity index (χ0v) is 13.1. The summed E-state index contributed by atoms with van der Waals surface area (Å²) in [5, 5.41) is 7.37. The van der Waals surface area contributed by atoms with Gasteiger partial charge in [0.15, 0.2) is 0 Å². The van der Waals surface area contributed by atoms with Crippen molar-refractivity contribution in [3.8, 4) is 0 Å². The molecule has 1 aromatic rings. The molecule has 2 heterocycles. The summed E-state index contributed by atoms with van der Waals surface area (Å²) in [4.78, 5) is 14.6. The van der Waals surface area contributed by atoms with Crippen LogP contribution in [0.15, 0.2) is 16.9 Å². The quantitative estimate of drug-likeness (QED) is 0.917. The molecule has 0 radical (unpaired) electrons. The van der Waals surface area contributed by atoms with E-state index in [1.54, 1.807) is 10.9 Å². The molecule has 1 aromatic heterocycles. The lowest BCUT2D eigenvalue weighted by Gasteiger charge is -2.30. The molecule has 19 heavy (non-hydrogen) atoms. The fraction of sp³-hybridized carbons (Fsp3) is 0.692. The van der Waals surface area contributed by atoms with Gasteiger partial charge in [-0.2, -0.15) is 5.10 Å². The Labute approximate surface area is 122 Å². The average Bonchev–Trinajstić information content (AvgIpc) is 2.80. The number of amides is 1. The molecule has 1 aliphatic heterocycles. The third-order valence-electron chi connectivity index (χ3n) is 3.64. The molecule has 1 atom stereocenters. The number of aromatic nitrogens is 2. The van der Waals surface area contributed by atoms with Gasteiger partial charge in [-0.3, -0.25) is 9.48 Å². The van der Waals surface area contributed by atoms with Crippen molar-refractivity contribution in [3.05, 3.63) is 16.9 Å². The highest BCUT2D eigenvalue weighted by atomic mass is 79.9. The minimum absolute atomic E-state index is 0.0765. The van der Waals surface area contributed by atoms with Crippen LogP contribution in [-0.4, -0.2) is 46.8 Å². The van der Waals surface area contributed by atoms with Crippen LogP contribution in [0.1, 0.15) is 32.2 Å². The number of carbonyl (C=O) groups is 1. The monoisotopic (exact) mass is 328 g/mol. The summed E-state index contributed by atoms with van der Waals surface area (Å²) in [6, 6.07) is 0.0858. The van der Waals surface area contributed by atoms with Crippen LogP contribution in [0.2, 0.25) is 0 Å². The summed E-state index contributed by atoms with van der Waals surface area (Å²) in [5.74, 6) is 0.0765. The van der Waals surface area contributed by atoms with Crippen molar-refractivity contribution in [2.24, 2.45) is 0 Å². The van der Waals surface area contributed by atoms with Gasteiger partial charge in [-0.1, -0.05) is 6.92 Å². The van der Waals surface area contributed by atoms with Gasteiger partial charge < -0.3 is 10.2 Å².